The molecular weight excluding hydrogens is 204 g/mol. The van der Waals surface area contributed by atoms with Crippen molar-refractivity contribution in [2.75, 3.05) is 7.05 Å². The van der Waals surface area contributed by atoms with Crippen LogP contribution in [-0.4, -0.2) is 22.2 Å². The summed E-state index contributed by atoms with van der Waals surface area (Å²) in [6.45, 7) is 2.67. The number of rotatable bonds is 4. The van der Waals surface area contributed by atoms with Crippen molar-refractivity contribution in [2.45, 2.75) is 13.5 Å². The molecule has 0 bridgehead atoms. The van der Waals surface area contributed by atoms with E-state index in [1.54, 1.807) is 12.4 Å². The molecule has 0 atom stereocenters. The third-order valence-corrected chi connectivity index (χ3v) is 2.13. The summed E-state index contributed by atoms with van der Waals surface area (Å²) in [6, 6.07) is 3.77. The molecule has 2 aromatic heterocycles. The van der Waals surface area contributed by atoms with Crippen molar-refractivity contribution in [3.63, 3.8) is 0 Å². The van der Waals surface area contributed by atoms with Crippen LogP contribution in [0.1, 0.15) is 11.3 Å². The zero-order valence-electron chi connectivity index (χ0n) is 9.32. The van der Waals surface area contributed by atoms with Gasteiger partial charge in [0.05, 0.1) is 6.20 Å². The van der Waals surface area contributed by atoms with Crippen LogP contribution in [0.2, 0.25) is 0 Å². The molecule has 0 aliphatic carbocycles. The van der Waals surface area contributed by atoms with Gasteiger partial charge in [0, 0.05) is 30.1 Å². The molecule has 0 amide bonds. The standard InChI is InChI=1S/C11H14N4O/c1-8-5-11(15-14-8)16-10-7-13-4-3-9(10)6-12-2/h3-5,7,12H,6H2,1-2H3,(H,14,15). The minimum absolute atomic E-state index is 0.558. The first-order chi connectivity index (χ1) is 7.79. The quantitative estimate of drug-likeness (QED) is 0.818. The van der Waals surface area contributed by atoms with Gasteiger partial charge in [-0.15, -0.1) is 5.10 Å². The number of nitrogens with zero attached hydrogens (tertiary/aromatic N) is 2. The molecule has 2 aromatic rings. The molecule has 0 aliphatic heterocycles. The monoisotopic (exact) mass is 218 g/mol. The number of nitrogens with one attached hydrogen (secondary N) is 2. The second kappa shape index (κ2) is 4.76. The molecule has 0 saturated heterocycles. The van der Waals surface area contributed by atoms with Gasteiger partial charge in [-0.3, -0.25) is 10.1 Å². The van der Waals surface area contributed by atoms with Crippen LogP contribution in [0.15, 0.2) is 24.5 Å². The molecule has 2 heterocycles. The van der Waals surface area contributed by atoms with Crippen molar-refractivity contribution in [1.29, 1.82) is 0 Å². The Hall–Kier alpha value is -1.88. The molecule has 2 rings (SSSR count). The Morgan fingerprint density at radius 1 is 1.50 bits per heavy atom. The maximum absolute atomic E-state index is 5.64. The highest BCUT2D eigenvalue weighted by Crippen LogP contribution is 2.22. The average Bonchev–Trinajstić information content (AvgIpc) is 2.67. The second-order valence-electron chi connectivity index (χ2n) is 3.50. The van der Waals surface area contributed by atoms with Crippen molar-refractivity contribution in [3.05, 3.63) is 35.8 Å². The highest BCUT2D eigenvalue weighted by atomic mass is 16.5. The van der Waals surface area contributed by atoms with Crippen LogP contribution in [0, 0.1) is 6.92 Å². The van der Waals surface area contributed by atoms with Gasteiger partial charge in [-0.05, 0) is 20.0 Å². The number of ether oxygens (including phenoxy) is 1. The zero-order chi connectivity index (χ0) is 11.4. The Balaban J connectivity index is 2.20. The second-order valence-corrected chi connectivity index (χ2v) is 3.50. The van der Waals surface area contributed by atoms with Crippen LogP contribution in [0.4, 0.5) is 0 Å². The van der Waals surface area contributed by atoms with Gasteiger partial charge in [0.15, 0.2) is 5.75 Å². The van der Waals surface area contributed by atoms with Crippen molar-refractivity contribution in [1.82, 2.24) is 20.5 Å². The average molecular weight is 218 g/mol. The van der Waals surface area contributed by atoms with E-state index in [-0.39, 0.29) is 0 Å². The van der Waals surface area contributed by atoms with Crippen molar-refractivity contribution in [2.24, 2.45) is 0 Å². The topological polar surface area (TPSA) is 62.8 Å². The predicted molar refractivity (Wildman–Crippen MR) is 60.4 cm³/mol. The van der Waals surface area contributed by atoms with E-state index in [1.807, 2.05) is 26.1 Å². The fraction of sp³-hybridized carbons (Fsp3) is 0.273. The summed E-state index contributed by atoms with van der Waals surface area (Å²) >= 11 is 0. The first-order valence-corrected chi connectivity index (χ1v) is 5.07. The van der Waals surface area contributed by atoms with Crippen LogP contribution in [0.25, 0.3) is 0 Å². The Morgan fingerprint density at radius 2 is 2.38 bits per heavy atom. The number of pyridine rings is 1. The lowest BCUT2D eigenvalue weighted by Gasteiger charge is -2.07. The highest BCUT2D eigenvalue weighted by Gasteiger charge is 2.06. The maximum atomic E-state index is 5.64. The fourth-order valence-electron chi connectivity index (χ4n) is 1.40. The normalized spacial score (nSPS) is 10.4. The summed E-state index contributed by atoms with van der Waals surface area (Å²) in [5.41, 5.74) is 2.02. The van der Waals surface area contributed by atoms with E-state index in [2.05, 4.69) is 20.5 Å². The maximum Gasteiger partial charge on any atom is 0.238 e. The number of H-pyrrole nitrogens is 1. The van der Waals surface area contributed by atoms with Gasteiger partial charge in [0.1, 0.15) is 0 Å². The summed E-state index contributed by atoms with van der Waals surface area (Å²) < 4.78 is 5.64. The third-order valence-electron chi connectivity index (χ3n) is 2.13. The first-order valence-electron chi connectivity index (χ1n) is 5.07. The summed E-state index contributed by atoms with van der Waals surface area (Å²) in [5.74, 6) is 1.28. The van der Waals surface area contributed by atoms with E-state index in [9.17, 15) is 0 Å². The Labute approximate surface area is 93.9 Å². The van der Waals surface area contributed by atoms with E-state index >= 15 is 0 Å². The van der Waals surface area contributed by atoms with Crippen LogP contribution >= 0.6 is 0 Å². The lowest BCUT2D eigenvalue weighted by molar-refractivity contribution is 0.452. The molecule has 0 aliphatic rings. The SMILES string of the molecule is CNCc1ccncc1Oc1cc(C)[nH]n1. The number of hydrogen-bond acceptors (Lipinski definition) is 4. The first kappa shape index (κ1) is 10.6. The van der Waals surface area contributed by atoms with Crippen LogP contribution in [0.5, 0.6) is 11.6 Å². The molecule has 5 nitrogen and oxygen atoms in total. The van der Waals surface area contributed by atoms with E-state index in [0.717, 1.165) is 23.6 Å². The van der Waals surface area contributed by atoms with Crippen molar-refractivity contribution in [3.8, 4) is 11.6 Å². The molecule has 0 unspecified atom stereocenters. The van der Waals surface area contributed by atoms with Crippen LogP contribution in [0.3, 0.4) is 0 Å². The molecule has 16 heavy (non-hydrogen) atoms. The fourth-order valence-corrected chi connectivity index (χ4v) is 1.40. The molecule has 0 saturated carbocycles. The van der Waals surface area contributed by atoms with Gasteiger partial charge in [-0.2, -0.15) is 0 Å². The third kappa shape index (κ3) is 2.38. The minimum Gasteiger partial charge on any atom is -0.436 e. The predicted octanol–water partition coefficient (Wildman–Crippen LogP) is 1.62. The van der Waals surface area contributed by atoms with Gasteiger partial charge in [-0.25, -0.2) is 0 Å². The zero-order valence-corrected chi connectivity index (χ0v) is 9.32. The summed E-state index contributed by atoms with van der Waals surface area (Å²) in [4.78, 5) is 4.04. The highest BCUT2D eigenvalue weighted by molar-refractivity contribution is 5.33. The minimum atomic E-state index is 0.558. The largest absolute Gasteiger partial charge is 0.436 e. The van der Waals surface area contributed by atoms with E-state index in [1.165, 1.54) is 0 Å². The summed E-state index contributed by atoms with van der Waals surface area (Å²) in [6.07, 6.45) is 3.44. The molecule has 0 spiro atoms. The smallest absolute Gasteiger partial charge is 0.238 e. The summed E-state index contributed by atoms with van der Waals surface area (Å²) in [7, 11) is 1.89. The number of aromatic nitrogens is 3. The molecule has 84 valence electrons. The Morgan fingerprint density at radius 3 is 3.06 bits per heavy atom. The van der Waals surface area contributed by atoms with E-state index < -0.39 is 0 Å². The molecule has 0 radical (unpaired) electrons. The molecule has 0 fully saturated rings. The van der Waals surface area contributed by atoms with Crippen LogP contribution < -0.4 is 10.1 Å². The number of aryl methyl sites for hydroxylation is 1. The molecule has 0 aromatic carbocycles. The van der Waals surface area contributed by atoms with Gasteiger partial charge < -0.3 is 10.1 Å². The van der Waals surface area contributed by atoms with Gasteiger partial charge in [0.25, 0.3) is 0 Å². The lowest BCUT2D eigenvalue weighted by atomic mass is 10.2. The van der Waals surface area contributed by atoms with Crippen LogP contribution in [-0.2, 0) is 6.54 Å². The summed E-state index contributed by atoms with van der Waals surface area (Å²) in [5, 5.41) is 9.93. The van der Waals surface area contributed by atoms with Gasteiger partial charge >= 0.3 is 0 Å². The van der Waals surface area contributed by atoms with E-state index in [0.29, 0.717) is 5.88 Å². The van der Waals surface area contributed by atoms with E-state index in [4.69, 9.17) is 4.74 Å². The number of aromatic amines is 1. The molecule has 5 heteroatoms. The Bertz CT molecular complexity index is 467. The molecule has 2 N–H and O–H groups in total. The number of hydrogen-bond donors (Lipinski definition) is 2. The van der Waals surface area contributed by atoms with Gasteiger partial charge in [0.2, 0.25) is 5.88 Å². The van der Waals surface area contributed by atoms with Gasteiger partial charge in [-0.1, -0.05) is 0 Å². The molecular formula is C11H14N4O. The lowest BCUT2D eigenvalue weighted by Crippen LogP contribution is -2.06. The Kier molecular flexibility index (Phi) is 3.16. The van der Waals surface area contributed by atoms with Crippen molar-refractivity contribution < 1.29 is 4.74 Å². The van der Waals surface area contributed by atoms with Crippen molar-refractivity contribution >= 4 is 0 Å².